The number of hydrogen-bond donors (Lipinski definition) is 3. The molecule has 29 heavy (non-hydrogen) atoms. The average molecular weight is 388 g/mol. The second-order valence-corrected chi connectivity index (χ2v) is 8.36. The van der Waals surface area contributed by atoms with Crippen molar-refractivity contribution in [1.29, 1.82) is 0 Å². The molecule has 0 radical (unpaired) electrons. The van der Waals surface area contributed by atoms with E-state index in [-0.39, 0.29) is 23.6 Å². The Morgan fingerprint density at radius 1 is 0.552 bits per heavy atom. The molecule has 4 atom stereocenters. The van der Waals surface area contributed by atoms with Crippen molar-refractivity contribution >= 4 is 23.6 Å². The van der Waals surface area contributed by atoms with Gasteiger partial charge in [-0.25, -0.2) is 0 Å². The van der Waals surface area contributed by atoms with E-state index in [0.29, 0.717) is 0 Å². The van der Waals surface area contributed by atoms with Crippen molar-refractivity contribution in [3.63, 3.8) is 0 Å². The zero-order chi connectivity index (χ0) is 20.0. The Hall–Kier alpha value is -3.32. The number of imide groups is 2. The number of carbonyl (C=O) groups excluding carboxylic acids is 4. The Morgan fingerprint density at radius 2 is 0.862 bits per heavy atom. The van der Waals surface area contributed by atoms with Crippen molar-refractivity contribution in [2.24, 2.45) is 23.7 Å². The van der Waals surface area contributed by atoms with Crippen LogP contribution in [0.1, 0.15) is 11.1 Å². The first-order valence-electron chi connectivity index (χ1n) is 9.69. The van der Waals surface area contributed by atoms with Crippen LogP contribution in [0, 0.1) is 23.7 Å². The van der Waals surface area contributed by atoms with Crippen LogP contribution in [0.2, 0.25) is 0 Å². The zero-order valence-corrected chi connectivity index (χ0v) is 15.3. The van der Waals surface area contributed by atoms with Crippen molar-refractivity contribution in [3.8, 4) is 0 Å². The fraction of sp³-hybridized carbons (Fsp3) is 0.273. The summed E-state index contributed by atoms with van der Waals surface area (Å²) in [4.78, 5) is 52.1. The van der Waals surface area contributed by atoms with Crippen molar-refractivity contribution < 1.29 is 24.5 Å². The molecule has 2 aromatic carbocycles. The van der Waals surface area contributed by atoms with Gasteiger partial charge in [-0.2, -0.15) is 0 Å². The molecule has 6 rings (SSSR count). The topological polar surface area (TPSA) is 109 Å². The average Bonchev–Trinajstić information content (AvgIpc) is 3.42. The summed E-state index contributed by atoms with van der Waals surface area (Å²) < 4.78 is 0. The maximum atomic E-state index is 13.0. The highest BCUT2D eigenvalue weighted by molar-refractivity contribution is 6.12. The number of nitrogens with one attached hydrogen (secondary N) is 2. The van der Waals surface area contributed by atoms with Crippen LogP contribution in [0.15, 0.2) is 60.7 Å². The lowest BCUT2D eigenvalue weighted by Gasteiger charge is -2.36. The van der Waals surface area contributed by atoms with Gasteiger partial charge in [0, 0.05) is 11.1 Å². The smallest absolute Gasteiger partial charge is 0.237 e. The van der Waals surface area contributed by atoms with Gasteiger partial charge in [0.1, 0.15) is 34.7 Å². The van der Waals surface area contributed by atoms with E-state index in [1.807, 2.05) is 66.0 Å². The first-order valence-corrected chi connectivity index (χ1v) is 9.69. The molecule has 4 aliphatic heterocycles. The van der Waals surface area contributed by atoms with E-state index in [0.717, 1.165) is 11.1 Å². The summed E-state index contributed by atoms with van der Waals surface area (Å²) in [5, 5.41) is 6.96. The monoisotopic (exact) mass is 388 g/mol. The van der Waals surface area contributed by atoms with E-state index in [4.69, 9.17) is 0 Å². The van der Waals surface area contributed by atoms with Gasteiger partial charge in [0.25, 0.3) is 0 Å². The normalized spacial score (nSPS) is 39.3. The van der Waals surface area contributed by atoms with Gasteiger partial charge < -0.3 is 5.32 Å². The van der Waals surface area contributed by atoms with E-state index in [9.17, 15) is 19.2 Å². The van der Waals surface area contributed by atoms with E-state index >= 15 is 0 Å². The largest absolute Gasteiger partial charge is 0.326 e. The standard InChI is InChI=1S/C22H17N3O4/c26-17-13-15(19(28)23-17)22(12-9-5-2-6-10-12)16-14(18(27)24-20(16)29)21(13,25-22)11-7-3-1-4-8-11/h1-10,13-16,25H,(H,23,26,28)(H,24,27,29)/p+1/t13-,14-,15-,16-,21?,22?/m1/s1. The van der Waals surface area contributed by atoms with Gasteiger partial charge >= 0.3 is 0 Å². The maximum absolute atomic E-state index is 13.0. The lowest BCUT2D eigenvalue weighted by Crippen LogP contribution is -2.99. The third kappa shape index (κ3) is 1.69. The van der Waals surface area contributed by atoms with Crippen LogP contribution in [0.25, 0.3) is 0 Å². The number of nitrogens with two attached hydrogens (primary N) is 1. The van der Waals surface area contributed by atoms with Crippen LogP contribution in [0.5, 0.6) is 0 Å². The number of amides is 4. The molecule has 4 aliphatic rings. The Labute approximate surface area is 165 Å². The summed E-state index contributed by atoms with van der Waals surface area (Å²) in [6.07, 6.45) is 0. The van der Waals surface area contributed by atoms with Gasteiger partial charge in [-0.05, 0) is 0 Å². The third-order valence-electron chi connectivity index (χ3n) is 7.37. The number of rotatable bonds is 2. The predicted octanol–water partition coefficient (Wildman–Crippen LogP) is -0.854. The minimum atomic E-state index is -1.01. The molecule has 4 N–H and O–H groups in total. The van der Waals surface area contributed by atoms with Gasteiger partial charge in [-0.1, -0.05) is 60.7 Å². The van der Waals surface area contributed by atoms with Gasteiger partial charge in [0.05, 0.1) is 0 Å². The van der Waals surface area contributed by atoms with E-state index in [2.05, 4.69) is 10.6 Å². The predicted molar refractivity (Wildman–Crippen MR) is 98.4 cm³/mol. The van der Waals surface area contributed by atoms with E-state index < -0.39 is 34.7 Å². The fourth-order valence-corrected chi connectivity index (χ4v) is 6.61. The molecule has 0 unspecified atom stereocenters. The van der Waals surface area contributed by atoms with E-state index in [1.54, 1.807) is 0 Å². The highest BCUT2D eigenvalue weighted by atomic mass is 16.2. The van der Waals surface area contributed by atoms with Crippen LogP contribution >= 0.6 is 0 Å². The fourth-order valence-electron chi connectivity index (χ4n) is 6.61. The highest BCUT2D eigenvalue weighted by Gasteiger charge is 2.88. The summed E-state index contributed by atoms with van der Waals surface area (Å²) >= 11 is 0. The number of fused-ring (bicyclic) bond motifs is 8. The molecule has 4 heterocycles. The molecular formula is C22H18N3O4+. The summed E-state index contributed by atoms with van der Waals surface area (Å²) in [5.74, 6) is -4.39. The minimum Gasteiger partial charge on any atom is -0.326 e. The first-order chi connectivity index (χ1) is 14.0. The third-order valence-corrected chi connectivity index (χ3v) is 7.37. The summed E-state index contributed by atoms with van der Waals surface area (Å²) in [6.45, 7) is 0. The number of quaternary nitrogens is 1. The molecule has 0 aromatic heterocycles. The number of benzene rings is 2. The molecule has 7 nitrogen and oxygen atoms in total. The quantitative estimate of drug-likeness (QED) is 0.582. The Bertz CT molecular complexity index is 970. The zero-order valence-electron chi connectivity index (χ0n) is 15.3. The van der Waals surface area contributed by atoms with Crippen molar-refractivity contribution in [3.05, 3.63) is 71.8 Å². The first kappa shape index (κ1) is 16.6. The van der Waals surface area contributed by atoms with Crippen LogP contribution < -0.4 is 16.0 Å². The van der Waals surface area contributed by atoms with Crippen LogP contribution in [-0.4, -0.2) is 23.6 Å². The minimum absolute atomic E-state index is 0.372. The lowest BCUT2D eigenvalue weighted by molar-refractivity contribution is -0.771. The van der Waals surface area contributed by atoms with Crippen molar-refractivity contribution in [2.75, 3.05) is 0 Å². The Kier molecular flexibility index (Phi) is 2.97. The molecule has 0 aliphatic carbocycles. The molecule has 7 heteroatoms. The number of carbonyl (C=O) groups is 4. The van der Waals surface area contributed by atoms with Crippen molar-refractivity contribution in [2.45, 2.75) is 11.1 Å². The van der Waals surface area contributed by atoms with Gasteiger partial charge in [-0.15, -0.1) is 0 Å². The molecule has 144 valence electrons. The molecule has 4 amide bonds. The van der Waals surface area contributed by atoms with Crippen LogP contribution in [-0.2, 0) is 30.3 Å². The summed E-state index contributed by atoms with van der Waals surface area (Å²) in [6, 6.07) is 18.7. The molecular weight excluding hydrogens is 370 g/mol. The second kappa shape index (κ2) is 5.18. The van der Waals surface area contributed by atoms with Gasteiger partial charge in [0.2, 0.25) is 23.6 Å². The molecule has 0 saturated carbocycles. The lowest BCUT2D eigenvalue weighted by atomic mass is 9.55. The SMILES string of the molecule is O=C1NC(=O)[C@H]2[C@H]1C1(c3ccccc3)[NH2+]C2(c2ccccc2)[C@H]2C(=O)NC(=O)[C@@H]21. The Balaban J connectivity index is 1.72. The maximum Gasteiger partial charge on any atom is 0.237 e. The van der Waals surface area contributed by atoms with Crippen LogP contribution in [0.4, 0.5) is 0 Å². The van der Waals surface area contributed by atoms with Crippen LogP contribution in [0.3, 0.4) is 0 Å². The highest BCUT2D eigenvalue weighted by Crippen LogP contribution is 2.63. The summed E-state index contributed by atoms with van der Waals surface area (Å²) in [5.41, 5.74) is -0.456. The van der Waals surface area contributed by atoms with E-state index in [1.165, 1.54) is 0 Å². The summed E-state index contributed by atoms with van der Waals surface area (Å²) in [7, 11) is 0. The van der Waals surface area contributed by atoms with Gasteiger partial charge in [-0.3, -0.25) is 29.8 Å². The van der Waals surface area contributed by atoms with Crippen molar-refractivity contribution in [1.82, 2.24) is 10.6 Å². The number of hydrogen-bond acceptors (Lipinski definition) is 4. The van der Waals surface area contributed by atoms with Gasteiger partial charge in [0.15, 0.2) is 0 Å². The molecule has 4 fully saturated rings. The second-order valence-electron chi connectivity index (χ2n) is 8.36. The molecule has 2 bridgehead atoms. The molecule has 2 aromatic rings. The molecule has 0 spiro atoms. The Morgan fingerprint density at radius 3 is 1.17 bits per heavy atom. The molecule has 4 saturated heterocycles.